The highest BCUT2D eigenvalue weighted by molar-refractivity contribution is 6.30. The van der Waals surface area contributed by atoms with Gasteiger partial charge in [0.1, 0.15) is 0 Å². The van der Waals surface area contributed by atoms with E-state index in [0.29, 0.717) is 30.2 Å². The average Bonchev–Trinajstić information content (AvgIpc) is 3.10. The van der Waals surface area contributed by atoms with E-state index in [1.54, 1.807) is 17.2 Å². The maximum absolute atomic E-state index is 12.7. The number of hydrogen-bond donors (Lipinski definition) is 0. The van der Waals surface area contributed by atoms with Gasteiger partial charge in [0.05, 0.1) is 16.8 Å². The minimum Gasteiger partial charge on any atom is -0.333 e. The molecule has 0 fully saturated rings. The first-order valence-corrected chi connectivity index (χ1v) is 8.86. The van der Waals surface area contributed by atoms with Gasteiger partial charge in [-0.15, -0.1) is 0 Å². The van der Waals surface area contributed by atoms with Gasteiger partial charge in [0.15, 0.2) is 11.3 Å². The van der Waals surface area contributed by atoms with E-state index in [0.717, 1.165) is 23.3 Å². The van der Waals surface area contributed by atoms with Crippen LogP contribution in [-0.4, -0.2) is 38.5 Å². The highest BCUT2D eigenvalue weighted by atomic mass is 35.5. The Bertz CT molecular complexity index is 1070. The molecular formula is C19H14ClF3N4O. The van der Waals surface area contributed by atoms with Gasteiger partial charge in [-0.2, -0.15) is 18.3 Å². The van der Waals surface area contributed by atoms with Gasteiger partial charge in [-0.3, -0.25) is 4.79 Å². The summed E-state index contributed by atoms with van der Waals surface area (Å²) in [4.78, 5) is 18.4. The van der Waals surface area contributed by atoms with Crippen molar-refractivity contribution in [1.82, 2.24) is 19.5 Å². The summed E-state index contributed by atoms with van der Waals surface area (Å²) in [6.07, 6.45) is 1.10. The van der Waals surface area contributed by atoms with E-state index in [9.17, 15) is 18.0 Å². The van der Waals surface area contributed by atoms with E-state index in [2.05, 4.69) is 10.1 Å². The molecule has 0 radical (unpaired) electrons. The Morgan fingerprint density at radius 3 is 2.57 bits per heavy atom. The highest BCUT2D eigenvalue weighted by Crippen LogP contribution is 2.31. The van der Waals surface area contributed by atoms with Crippen LogP contribution in [0.3, 0.4) is 0 Å². The summed E-state index contributed by atoms with van der Waals surface area (Å²) in [5, 5.41) is 4.62. The number of rotatable bonds is 2. The molecule has 5 nitrogen and oxygen atoms in total. The van der Waals surface area contributed by atoms with Crippen molar-refractivity contribution >= 4 is 28.7 Å². The van der Waals surface area contributed by atoms with Crippen LogP contribution < -0.4 is 0 Å². The molecule has 28 heavy (non-hydrogen) atoms. The van der Waals surface area contributed by atoms with E-state index in [4.69, 9.17) is 11.6 Å². The lowest BCUT2D eigenvalue weighted by Gasteiger charge is -2.26. The Morgan fingerprint density at radius 1 is 1.18 bits per heavy atom. The molecule has 0 saturated carbocycles. The largest absolute Gasteiger partial charge is 0.416 e. The van der Waals surface area contributed by atoms with Crippen molar-refractivity contribution in [3.05, 3.63) is 70.6 Å². The fourth-order valence-electron chi connectivity index (χ4n) is 3.11. The minimum atomic E-state index is -4.35. The smallest absolute Gasteiger partial charge is 0.333 e. The third-order valence-corrected chi connectivity index (χ3v) is 4.78. The second-order valence-corrected chi connectivity index (χ2v) is 6.85. The molecule has 2 aromatic heterocycles. The predicted molar refractivity (Wildman–Crippen MR) is 97.9 cm³/mol. The van der Waals surface area contributed by atoms with Crippen LogP contribution in [-0.2, 0) is 6.18 Å². The zero-order valence-corrected chi connectivity index (χ0v) is 15.2. The summed E-state index contributed by atoms with van der Waals surface area (Å²) >= 11 is 5.88. The number of halogens is 4. The molecule has 0 saturated heterocycles. The molecule has 4 rings (SSSR count). The summed E-state index contributed by atoms with van der Waals surface area (Å²) in [7, 11) is 0. The fraction of sp³-hybridized carbons (Fsp3) is 0.211. The van der Waals surface area contributed by atoms with Crippen molar-refractivity contribution in [2.24, 2.45) is 0 Å². The topological polar surface area (TPSA) is 50.5 Å². The summed E-state index contributed by atoms with van der Waals surface area (Å²) < 4.78 is 39.5. The molecule has 144 valence electrons. The first-order valence-electron chi connectivity index (χ1n) is 8.48. The standard InChI is InChI=1S/C19H14ClF3N4O/c20-15-10-24-17-9-16(25-27(17)11-15)18(28)26-7-5-13(6-8-26)12-1-3-14(4-2-12)19(21,22)23/h1-5,9-11H,6-8H2. The molecular weight excluding hydrogens is 393 g/mol. The first-order chi connectivity index (χ1) is 13.3. The molecule has 1 aliphatic rings. The zero-order valence-electron chi connectivity index (χ0n) is 14.4. The monoisotopic (exact) mass is 406 g/mol. The van der Waals surface area contributed by atoms with Crippen molar-refractivity contribution < 1.29 is 18.0 Å². The molecule has 1 aliphatic heterocycles. The molecule has 0 bridgehead atoms. The van der Waals surface area contributed by atoms with Crippen LogP contribution >= 0.6 is 11.6 Å². The number of fused-ring (bicyclic) bond motifs is 1. The van der Waals surface area contributed by atoms with Gasteiger partial charge >= 0.3 is 6.18 Å². The van der Waals surface area contributed by atoms with Gasteiger partial charge in [0.25, 0.3) is 5.91 Å². The minimum absolute atomic E-state index is 0.232. The maximum Gasteiger partial charge on any atom is 0.416 e. The van der Waals surface area contributed by atoms with Crippen LogP contribution in [0.25, 0.3) is 11.2 Å². The number of carbonyl (C=O) groups is 1. The summed E-state index contributed by atoms with van der Waals surface area (Å²) in [5.74, 6) is -0.232. The molecule has 0 aliphatic carbocycles. The average molecular weight is 407 g/mol. The van der Waals surface area contributed by atoms with Gasteiger partial charge in [-0.25, -0.2) is 9.50 Å². The van der Waals surface area contributed by atoms with Crippen molar-refractivity contribution in [3.8, 4) is 0 Å². The first kappa shape index (κ1) is 18.5. The fourth-order valence-corrected chi connectivity index (χ4v) is 3.25. The SMILES string of the molecule is O=C(c1cc2ncc(Cl)cn2n1)N1CC=C(c2ccc(C(F)(F)F)cc2)CC1. The molecule has 0 spiro atoms. The van der Waals surface area contributed by atoms with Crippen LogP contribution in [0.2, 0.25) is 5.02 Å². The molecule has 1 aromatic carbocycles. The van der Waals surface area contributed by atoms with E-state index < -0.39 is 11.7 Å². The number of alkyl halides is 3. The van der Waals surface area contributed by atoms with Crippen LogP contribution in [0.1, 0.15) is 28.0 Å². The van der Waals surface area contributed by atoms with E-state index in [1.807, 2.05) is 6.08 Å². The number of carbonyl (C=O) groups excluding carboxylic acids is 1. The molecule has 0 unspecified atom stereocenters. The van der Waals surface area contributed by atoms with E-state index in [1.165, 1.54) is 22.8 Å². The Labute approximate surface area is 163 Å². The van der Waals surface area contributed by atoms with Crippen LogP contribution in [0, 0.1) is 0 Å². The van der Waals surface area contributed by atoms with Crippen molar-refractivity contribution in [2.45, 2.75) is 12.6 Å². The molecule has 0 atom stereocenters. The number of hydrogen-bond acceptors (Lipinski definition) is 3. The normalized spacial score (nSPS) is 15.0. The second-order valence-electron chi connectivity index (χ2n) is 6.41. The number of amides is 1. The van der Waals surface area contributed by atoms with Gasteiger partial charge in [-0.05, 0) is 29.7 Å². The Balaban J connectivity index is 1.49. The zero-order chi connectivity index (χ0) is 19.9. The lowest BCUT2D eigenvalue weighted by atomic mass is 9.98. The van der Waals surface area contributed by atoms with Gasteiger partial charge in [-0.1, -0.05) is 29.8 Å². The molecule has 3 heterocycles. The van der Waals surface area contributed by atoms with Crippen molar-refractivity contribution in [3.63, 3.8) is 0 Å². The van der Waals surface area contributed by atoms with Crippen LogP contribution in [0.5, 0.6) is 0 Å². The van der Waals surface area contributed by atoms with Crippen molar-refractivity contribution in [2.75, 3.05) is 13.1 Å². The van der Waals surface area contributed by atoms with Gasteiger partial charge in [0.2, 0.25) is 0 Å². The summed E-state index contributed by atoms with van der Waals surface area (Å²) in [6.45, 7) is 0.811. The van der Waals surface area contributed by atoms with E-state index >= 15 is 0 Å². The molecule has 0 N–H and O–H groups in total. The second kappa shape index (κ2) is 6.94. The van der Waals surface area contributed by atoms with Gasteiger partial charge in [0, 0.05) is 25.4 Å². The third kappa shape index (κ3) is 3.60. The quantitative estimate of drug-likeness (QED) is 0.636. The summed E-state index contributed by atoms with van der Waals surface area (Å²) in [5.41, 5.74) is 1.75. The Morgan fingerprint density at radius 2 is 1.93 bits per heavy atom. The lowest BCUT2D eigenvalue weighted by molar-refractivity contribution is -0.137. The summed E-state index contributed by atoms with van der Waals surface area (Å²) in [6, 6.07) is 6.66. The predicted octanol–water partition coefficient (Wildman–Crippen LogP) is 4.33. The Kier molecular flexibility index (Phi) is 4.58. The molecule has 1 amide bonds. The number of aromatic nitrogens is 3. The van der Waals surface area contributed by atoms with Crippen molar-refractivity contribution in [1.29, 1.82) is 0 Å². The molecule has 3 aromatic rings. The maximum atomic E-state index is 12.7. The highest BCUT2D eigenvalue weighted by Gasteiger charge is 2.30. The third-order valence-electron chi connectivity index (χ3n) is 4.58. The lowest BCUT2D eigenvalue weighted by Crippen LogP contribution is -2.34. The van der Waals surface area contributed by atoms with Gasteiger partial charge < -0.3 is 4.90 Å². The number of benzene rings is 1. The van der Waals surface area contributed by atoms with Crippen LogP contribution in [0.4, 0.5) is 13.2 Å². The Hall–Kier alpha value is -2.87. The van der Waals surface area contributed by atoms with Crippen LogP contribution in [0.15, 0.2) is 48.8 Å². The molecule has 9 heteroatoms. The number of nitrogens with zero attached hydrogens (tertiary/aromatic N) is 4. The van der Waals surface area contributed by atoms with E-state index in [-0.39, 0.29) is 11.6 Å².